The summed E-state index contributed by atoms with van der Waals surface area (Å²) in [5.74, 6) is 0.245. The van der Waals surface area contributed by atoms with Gasteiger partial charge in [0.25, 0.3) is 0 Å². The Labute approximate surface area is 65.0 Å². The first-order valence-corrected chi connectivity index (χ1v) is 3.68. The molecule has 0 amide bonds. The summed E-state index contributed by atoms with van der Waals surface area (Å²) in [5.41, 5.74) is 0. The molecule has 1 rings (SSSR count). The molecule has 1 aliphatic heterocycles. The Hall–Kier alpha value is -0.900. The van der Waals surface area contributed by atoms with Crippen LogP contribution < -0.4 is 0 Å². The molecular weight excluding hydrogens is 146 g/mol. The third-order valence-electron chi connectivity index (χ3n) is 1.68. The van der Waals surface area contributed by atoms with E-state index >= 15 is 0 Å². The van der Waals surface area contributed by atoms with Crippen LogP contribution >= 0.6 is 0 Å². The van der Waals surface area contributed by atoms with Gasteiger partial charge in [-0.05, 0) is 18.9 Å². The number of hydrogen-bond donors (Lipinski definition) is 0. The van der Waals surface area contributed by atoms with Gasteiger partial charge in [0.2, 0.25) is 6.20 Å². The van der Waals surface area contributed by atoms with E-state index in [1.165, 1.54) is 0 Å². The number of rotatable bonds is 2. The summed E-state index contributed by atoms with van der Waals surface area (Å²) < 4.78 is 5.14. The minimum atomic E-state index is -0.436. The molecule has 0 aromatic carbocycles. The van der Waals surface area contributed by atoms with E-state index in [2.05, 4.69) is 0 Å². The van der Waals surface area contributed by atoms with E-state index in [4.69, 9.17) is 4.74 Å². The maximum atomic E-state index is 9.92. The van der Waals surface area contributed by atoms with Gasteiger partial charge in [-0.1, -0.05) is 0 Å². The SMILES string of the molecule is O=[N+]([O-])/C=C/[C@H]1CCCOC1. The molecule has 11 heavy (non-hydrogen) atoms. The van der Waals surface area contributed by atoms with Crippen LogP contribution in [-0.4, -0.2) is 18.1 Å². The van der Waals surface area contributed by atoms with Crippen LogP contribution in [-0.2, 0) is 4.74 Å². The number of hydrogen-bond acceptors (Lipinski definition) is 3. The molecule has 0 N–H and O–H groups in total. The van der Waals surface area contributed by atoms with Crippen LogP contribution in [0.1, 0.15) is 12.8 Å². The predicted octanol–water partition coefficient (Wildman–Crippen LogP) is 1.20. The predicted molar refractivity (Wildman–Crippen MR) is 39.7 cm³/mol. The van der Waals surface area contributed by atoms with Gasteiger partial charge in [-0.15, -0.1) is 0 Å². The van der Waals surface area contributed by atoms with Crippen LogP contribution in [0.2, 0.25) is 0 Å². The van der Waals surface area contributed by atoms with Crippen LogP contribution in [0.5, 0.6) is 0 Å². The van der Waals surface area contributed by atoms with Crippen molar-refractivity contribution in [2.24, 2.45) is 5.92 Å². The molecular formula is C7H11NO3. The lowest BCUT2D eigenvalue weighted by atomic mass is 10.0. The van der Waals surface area contributed by atoms with Crippen molar-refractivity contribution in [3.05, 3.63) is 22.4 Å². The average Bonchev–Trinajstić information content (AvgIpc) is 2.03. The fourth-order valence-corrected chi connectivity index (χ4v) is 1.11. The minimum Gasteiger partial charge on any atom is -0.381 e. The molecule has 62 valence electrons. The normalized spacial score (nSPS) is 25.6. The van der Waals surface area contributed by atoms with E-state index in [0.29, 0.717) is 6.61 Å². The zero-order valence-electron chi connectivity index (χ0n) is 6.23. The second-order valence-corrected chi connectivity index (χ2v) is 2.60. The molecule has 0 spiro atoms. The molecule has 0 bridgehead atoms. The minimum absolute atomic E-state index is 0.245. The van der Waals surface area contributed by atoms with Crippen molar-refractivity contribution in [3.8, 4) is 0 Å². The largest absolute Gasteiger partial charge is 0.381 e. The van der Waals surface area contributed by atoms with E-state index in [9.17, 15) is 10.1 Å². The highest BCUT2D eigenvalue weighted by Gasteiger charge is 2.11. The van der Waals surface area contributed by atoms with Crippen molar-refractivity contribution in [2.45, 2.75) is 12.8 Å². The Morgan fingerprint density at radius 2 is 2.45 bits per heavy atom. The van der Waals surface area contributed by atoms with Gasteiger partial charge < -0.3 is 4.74 Å². The molecule has 0 saturated carbocycles. The smallest absolute Gasteiger partial charge is 0.230 e. The molecule has 0 unspecified atom stereocenters. The fourth-order valence-electron chi connectivity index (χ4n) is 1.11. The Morgan fingerprint density at radius 3 is 3.00 bits per heavy atom. The van der Waals surface area contributed by atoms with Gasteiger partial charge in [0, 0.05) is 12.5 Å². The van der Waals surface area contributed by atoms with Gasteiger partial charge in [0.1, 0.15) is 0 Å². The van der Waals surface area contributed by atoms with Crippen LogP contribution in [0.4, 0.5) is 0 Å². The first kappa shape index (κ1) is 8.20. The third-order valence-corrected chi connectivity index (χ3v) is 1.68. The quantitative estimate of drug-likeness (QED) is 0.447. The van der Waals surface area contributed by atoms with Gasteiger partial charge in [-0.3, -0.25) is 10.1 Å². The van der Waals surface area contributed by atoms with Crippen LogP contribution in [0.3, 0.4) is 0 Å². The van der Waals surface area contributed by atoms with E-state index in [-0.39, 0.29) is 5.92 Å². The van der Waals surface area contributed by atoms with E-state index in [0.717, 1.165) is 25.6 Å². The van der Waals surface area contributed by atoms with Gasteiger partial charge in [0.05, 0.1) is 11.5 Å². The van der Waals surface area contributed by atoms with Crippen molar-refractivity contribution in [1.29, 1.82) is 0 Å². The monoisotopic (exact) mass is 157 g/mol. The zero-order chi connectivity index (χ0) is 8.10. The molecule has 1 aliphatic rings. The highest BCUT2D eigenvalue weighted by Crippen LogP contribution is 2.14. The van der Waals surface area contributed by atoms with E-state index < -0.39 is 4.92 Å². The molecule has 0 radical (unpaired) electrons. The summed E-state index contributed by atoms with van der Waals surface area (Å²) in [4.78, 5) is 9.48. The third kappa shape index (κ3) is 3.13. The maximum Gasteiger partial charge on any atom is 0.230 e. The maximum absolute atomic E-state index is 9.92. The lowest BCUT2D eigenvalue weighted by molar-refractivity contribution is -0.402. The summed E-state index contributed by atoms with van der Waals surface area (Å²) in [5, 5.41) is 9.92. The highest BCUT2D eigenvalue weighted by atomic mass is 16.6. The average molecular weight is 157 g/mol. The molecule has 4 nitrogen and oxygen atoms in total. The summed E-state index contributed by atoms with van der Waals surface area (Å²) >= 11 is 0. The standard InChI is InChI=1S/C7H11NO3/c9-8(10)4-3-7-2-1-5-11-6-7/h3-4,7H,1-2,5-6H2/b4-3+/t7-/m1/s1. The molecule has 4 heteroatoms. The molecule has 0 aromatic heterocycles. The van der Waals surface area contributed by atoms with Crippen LogP contribution in [0, 0.1) is 16.0 Å². The van der Waals surface area contributed by atoms with Crippen molar-refractivity contribution in [1.82, 2.24) is 0 Å². The first-order chi connectivity index (χ1) is 5.29. The lowest BCUT2D eigenvalue weighted by Gasteiger charge is -2.17. The van der Waals surface area contributed by atoms with Gasteiger partial charge >= 0.3 is 0 Å². The van der Waals surface area contributed by atoms with Gasteiger partial charge in [-0.2, -0.15) is 0 Å². The summed E-state index contributed by atoms with van der Waals surface area (Å²) in [7, 11) is 0. The van der Waals surface area contributed by atoms with Crippen molar-refractivity contribution in [3.63, 3.8) is 0 Å². The topological polar surface area (TPSA) is 52.4 Å². The van der Waals surface area contributed by atoms with Crippen LogP contribution in [0.15, 0.2) is 12.3 Å². The summed E-state index contributed by atoms with van der Waals surface area (Å²) in [6.45, 7) is 1.42. The van der Waals surface area contributed by atoms with Crippen molar-refractivity contribution >= 4 is 0 Å². The van der Waals surface area contributed by atoms with E-state index in [1.807, 2.05) is 0 Å². The molecule has 0 aliphatic carbocycles. The molecule has 1 saturated heterocycles. The molecule has 0 aromatic rings. The summed E-state index contributed by atoms with van der Waals surface area (Å²) in [6, 6.07) is 0. The molecule has 1 fully saturated rings. The van der Waals surface area contributed by atoms with Crippen LogP contribution in [0.25, 0.3) is 0 Å². The van der Waals surface area contributed by atoms with Gasteiger partial charge in [-0.25, -0.2) is 0 Å². The fraction of sp³-hybridized carbons (Fsp3) is 0.714. The number of nitro groups is 1. The Balaban J connectivity index is 2.29. The second kappa shape index (κ2) is 4.08. The first-order valence-electron chi connectivity index (χ1n) is 3.68. The highest BCUT2D eigenvalue weighted by molar-refractivity contribution is 4.83. The van der Waals surface area contributed by atoms with E-state index in [1.54, 1.807) is 6.08 Å². The Morgan fingerprint density at radius 1 is 1.64 bits per heavy atom. The molecule has 1 atom stereocenters. The van der Waals surface area contributed by atoms with Crippen molar-refractivity contribution < 1.29 is 9.66 Å². The van der Waals surface area contributed by atoms with Gasteiger partial charge in [0.15, 0.2) is 0 Å². The lowest BCUT2D eigenvalue weighted by Crippen LogP contribution is -2.15. The number of ether oxygens (including phenoxy) is 1. The molecule has 1 heterocycles. The Kier molecular flexibility index (Phi) is 3.04. The number of nitrogens with zero attached hydrogens (tertiary/aromatic N) is 1. The van der Waals surface area contributed by atoms with Crippen molar-refractivity contribution in [2.75, 3.05) is 13.2 Å². The zero-order valence-corrected chi connectivity index (χ0v) is 6.23. The summed E-state index contributed by atoms with van der Waals surface area (Å²) in [6.07, 6.45) is 4.62. The second-order valence-electron chi connectivity index (χ2n) is 2.60. The Bertz CT molecular complexity index is 161.